The first-order chi connectivity index (χ1) is 8.31. The van der Waals surface area contributed by atoms with Crippen LogP contribution >= 0.6 is 0 Å². The number of hydrogen-bond donors (Lipinski definition) is 0. The Bertz CT molecular complexity index is 509. The molecule has 0 heterocycles. The monoisotopic (exact) mass is 292 g/mol. The van der Waals surface area contributed by atoms with Crippen molar-refractivity contribution in [2.24, 2.45) is 0 Å². The molecule has 17 heavy (non-hydrogen) atoms. The van der Waals surface area contributed by atoms with E-state index < -0.39 is 0 Å². The number of rotatable bonds is 3. The first-order valence-corrected chi connectivity index (χ1v) is 6.93. The molecule has 0 aliphatic carbocycles. The van der Waals surface area contributed by atoms with E-state index in [4.69, 9.17) is 4.74 Å². The van der Waals surface area contributed by atoms with Crippen LogP contribution in [0, 0.1) is 0 Å². The molecule has 2 nitrogen and oxygen atoms in total. The van der Waals surface area contributed by atoms with Crippen molar-refractivity contribution in [3.63, 3.8) is 0 Å². The van der Waals surface area contributed by atoms with Crippen molar-refractivity contribution in [2.45, 2.75) is 0 Å². The van der Waals surface area contributed by atoms with E-state index in [0.717, 1.165) is 4.46 Å². The minimum absolute atomic E-state index is 0.131. The number of methoxy groups -OCH3 is 1. The summed E-state index contributed by atoms with van der Waals surface area (Å²) >= 11 is 0.131. The van der Waals surface area contributed by atoms with Gasteiger partial charge in [0.15, 0.2) is 0 Å². The van der Waals surface area contributed by atoms with Crippen LogP contribution in [0.25, 0.3) is 0 Å². The van der Waals surface area contributed by atoms with Gasteiger partial charge in [-0.05, 0) is 0 Å². The predicted octanol–water partition coefficient (Wildman–Crippen LogP) is 1.13. The van der Waals surface area contributed by atoms with Gasteiger partial charge in [-0.1, -0.05) is 0 Å². The van der Waals surface area contributed by atoms with Gasteiger partial charge in [-0.3, -0.25) is 0 Å². The zero-order valence-electron chi connectivity index (χ0n) is 9.42. The summed E-state index contributed by atoms with van der Waals surface area (Å²) < 4.78 is 7.09. The Balaban J connectivity index is 2.30. The molecule has 2 rings (SSSR count). The molecule has 0 atom stereocenters. The molecule has 3 heteroatoms. The Hall–Kier alpha value is -1.57. The van der Waals surface area contributed by atoms with Crippen LogP contribution in [0.2, 0.25) is 0 Å². The molecule has 0 amide bonds. The normalized spacial score (nSPS) is 9.94. The van der Waals surface area contributed by atoms with E-state index in [2.05, 4.69) is 12.1 Å². The molecule has 2 aromatic carbocycles. The third kappa shape index (κ3) is 2.96. The maximum absolute atomic E-state index is 11.6. The van der Waals surface area contributed by atoms with Crippen molar-refractivity contribution in [3.8, 4) is 0 Å². The first-order valence-electron chi connectivity index (χ1n) is 5.21. The van der Waals surface area contributed by atoms with Crippen LogP contribution in [0.4, 0.5) is 0 Å². The van der Waals surface area contributed by atoms with Crippen molar-refractivity contribution in [2.75, 3.05) is 7.11 Å². The second kappa shape index (κ2) is 5.67. The van der Waals surface area contributed by atoms with Crippen molar-refractivity contribution < 1.29 is 9.53 Å². The summed E-state index contributed by atoms with van der Waals surface area (Å²) in [5.74, 6) is -0.265. The number of ether oxygens (including phenoxy) is 1. The average Bonchev–Trinajstić information content (AvgIpc) is 2.40. The summed E-state index contributed by atoms with van der Waals surface area (Å²) in [6, 6.07) is 17.8. The fourth-order valence-electron chi connectivity index (χ4n) is 1.45. The molecule has 0 N–H and O–H groups in total. The Kier molecular flexibility index (Phi) is 3.97. The fraction of sp³-hybridized carbons (Fsp3) is 0.0714. The molecule has 0 bridgehead atoms. The Labute approximate surface area is 107 Å². The van der Waals surface area contributed by atoms with E-state index in [-0.39, 0.29) is 20.9 Å². The van der Waals surface area contributed by atoms with Gasteiger partial charge in [0.1, 0.15) is 0 Å². The van der Waals surface area contributed by atoms with E-state index in [0.29, 0.717) is 5.56 Å². The van der Waals surface area contributed by atoms with Gasteiger partial charge in [0.25, 0.3) is 0 Å². The van der Waals surface area contributed by atoms with Crippen LogP contribution in [0.3, 0.4) is 0 Å². The van der Waals surface area contributed by atoms with E-state index in [9.17, 15) is 4.79 Å². The van der Waals surface area contributed by atoms with Gasteiger partial charge in [0.05, 0.1) is 0 Å². The predicted molar refractivity (Wildman–Crippen MR) is 69.2 cm³/mol. The van der Waals surface area contributed by atoms with Crippen molar-refractivity contribution >= 4 is 29.8 Å². The summed E-state index contributed by atoms with van der Waals surface area (Å²) in [7, 11) is 1.41. The van der Waals surface area contributed by atoms with E-state index in [1.807, 2.05) is 42.5 Å². The SMILES string of the molecule is COC(=O)c1ccccc1[Se]c1ccccc1. The summed E-state index contributed by atoms with van der Waals surface area (Å²) in [4.78, 5) is 11.6. The minimum atomic E-state index is -0.265. The third-order valence-electron chi connectivity index (χ3n) is 2.26. The van der Waals surface area contributed by atoms with Crippen LogP contribution in [-0.2, 0) is 4.74 Å². The second-order valence-corrected chi connectivity index (χ2v) is 5.74. The topological polar surface area (TPSA) is 26.3 Å². The van der Waals surface area contributed by atoms with Gasteiger partial charge < -0.3 is 0 Å². The van der Waals surface area contributed by atoms with E-state index >= 15 is 0 Å². The number of esters is 1. The van der Waals surface area contributed by atoms with Gasteiger partial charge >= 0.3 is 107 Å². The molecule has 86 valence electrons. The summed E-state index contributed by atoms with van der Waals surface area (Å²) in [5.41, 5.74) is 0.666. The molecule has 0 saturated carbocycles. The molecule has 2 aromatic rings. The van der Waals surface area contributed by atoms with Crippen LogP contribution in [-0.4, -0.2) is 28.0 Å². The van der Waals surface area contributed by atoms with E-state index in [1.165, 1.54) is 11.6 Å². The van der Waals surface area contributed by atoms with Gasteiger partial charge in [-0.2, -0.15) is 0 Å². The van der Waals surface area contributed by atoms with Gasteiger partial charge in [-0.15, -0.1) is 0 Å². The molecule has 0 unspecified atom stereocenters. The second-order valence-electron chi connectivity index (χ2n) is 3.40. The van der Waals surface area contributed by atoms with E-state index in [1.54, 1.807) is 0 Å². The molecule has 0 aliphatic heterocycles. The molecule has 0 radical (unpaired) electrons. The van der Waals surface area contributed by atoms with Crippen molar-refractivity contribution in [3.05, 3.63) is 60.2 Å². The van der Waals surface area contributed by atoms with Crippen LogP contribution in [0.15, 0.2) is 54.6 Å². The van der Waals surface area contributed by atoms with Gasteiger partial charge in [0.2, 0.25) is 0 Å². The number of carbonyl (C=O) groups excluding carboxylic acids is 1. The van der Waals surface area contributed by atoms with Crippen LogP contribution in [0.1, 0.15) is 10.4 Å². The molecule has 0 spiro atoms. The molecular weight excluding hydrogens is 279 g/mol. The van der Waals surface area contributed by atoms with Crippen LogP contribution in [0.5, 0.6) is 0 Å². The number of carbonyl (C=O) groups is 1. The zero-order chi connectivity index (χ0) is 12.1. The summed E-state index contributed by atoms with van der Waals surface area (Å²) in [6.07, 6.45) is 0. The van der Waals surface area contributed by atoms with Crippen LogP contribution < -0.4 is 8.92 Å². The Morgan fingerprint density at radius 3 is 2.35 bits per heavy atom. The molecule has 0 saturated heterocycles. The first kappa shape index (κ1) is 11.9. The molecular formula is C14H12O2Se. The molecule has 0 aliphatic rings. The standard InChI is InChI=1S/C14H12O2Se/c1-16-14(15)12-9-5-6-10-13(12)17-11-7-3-2-4-8-11/h2-10H,1H3. The maximum atomic E-state index is 11.6. The van der Waals surface area contributed by atoms with Crippen molar-refractivity contribution in [1.29, 1.82) is 0 Å². The Morgan fingerprint density at radius 2 is 1.65 bits per heavy atom. The molecule has 0 fully saturated rings. The summed E-state index contributed by atoms with van der Waals surface area (Å²) in [6.45, 7) is 0. The number of benzene rings is 2. The number of hydrogen-bond acceptors (Lipinski definition) is 2. The molecule has 0 aromatic heterocycles. The average molecular weight is 291 g/mol. The summed E-state index contributed by atoms with van der Waals surface area (Å²) in [5, 5.41) is 0. The van der Waals surface area contributed by atoms with Gasteiger partial charge in [-0.25, -0.2) is 0 Å². The van der Waals surface area contributed by atoms with Crippen molar-refractivity contribution in [1.82, 2.24) is 0 Å². The fourth-order valence-corrected chi connectivity index (χ4v) is 3.45. The zero-order valence-corrected chi connectivity index (χ0v) is 11.1. The van der Waals surface area contributed by atoms with Gasteiger partial charge in [0, 0.05) is 0 Å². The quantitative estimate of drug-likeness (QED) is 0.626. The Morgan fingerprint density at radius 1 is 1.00 bits per heavy atom. The third-order valence-corrected chi connectivity index (χ3v) is 4.54.